The van der Waals surface area contributed by atoms with Gasteiger partial charge in [-0.05, 0) is 26.4 Å². The summed E-state index contributed by atoms with van der Waals surface area (Å²) < 4.78 is 5.91. The molecule has 0 saturated heterocycles. The quantitative estimate of drug-likeness (QED) is 0.544. The Labute approximate surface area is 136 Å². The highest BCUT2D eigenvalue weighted by Gasteiger charge is 2.44. The van der Waals surface area contributed by atoms with E-state index in [1.54, 1.807) is 0 Å². The van der Waals surface area contributed by atoms with Crippen molar-refractivity contribution < 1.29 is 14.9 Å². The van der Waals surface area contributed by atoms with Crippen LogP contribution in [0.15, 0.2) is 0 Å². The summed E-state index contributed by atoms with van der Waals surface area (Å²) in [6.07, 6.45) is 8.77. The van der Waals surface area contributed by atoms with Crippen LogP contribution in [-0.2, 0) is 4.74 Å². The molecule has 0 aliphatic heterocycles. The number of rotatable bonds is 12. The van der Waals surface area contributed by atoms with E-state index in [2.05, 4.69) is 18.7 Å². The van der Waals surface area contributed by atoms with Crippen molar-refractivity contribution in [1.29, 1.82) is 0 Å². The summed E-state index contributed by atoms with van der Waals surface area (Å²) in [6, 6.07) is -0.0669. The number of nitrogens with zero attached hydrogens (tertiary/aromatic N) is 1. The van der Waals surface area contributed by atoms with Gasteiger partial charge in [0, 0.05) is 13.0 Å². The van der Waals surface area contributed by atoms with Crippen molar-refractivity contribution >= 4 is 0 Å². The summed E-state index contributed by atoms with van der Waals surface area (Å²) in [7, 11) is 2.05. The Hall–Kier alpha value is -0.160. The van der Waals surface area contributed by atoms with Gasteiger partial charge in [0.1, 0.15) is 6.10 Å². The molecule has 0 aromatic rings. The highest BCUT2D eigenvalue weighted by atomic mass is 16.5. The second-order valence-corrected chi connectivity index (χ2v) is 6.80. The molecule has 0 unspecified atom stereocenters. The lowest BCUT2D eigenvalue weighted by molar-refractivity contribution is -0.0588. The molecule has 1 saturated carbocycles. The lowest BCUT2D eigenvalue weighted by atomic mass is 10.1. The molecule has 0 aromatic heterocycles. The summed E-state index contributed by atoms with van der Waals surface area (Å²) in [5, 5.41) is 20.4. The van der Waals surface area contributed by atoms with Gasteiger partial charge in [-0.2, -0.15) is 0 Å². The van der Waals surface area contributed by atoms with Gasteiger partial charge in [-0.25, -0.2) is 0 Å². The second-order valence-electron chi connectivity index (χ2n) is 6.80. The number of ether oxygens (including phenoxy) is 1. The molecule has 1 rings (SSSR count). The third-order valence-electron chi connectivity index (χ3n) is 4.77. The first-order valence-corrected chi connectivity index (χ1v) is 9.29. The highest BCUT2D eigenvalue weighted by Crippen LogP contribution is 2.28. The minimum absolute atomic E-state index is 0.0669. The molecule has 1 aliphatic carbocycles. The number of hydrogen-bond acceptors (Lipinski definition) is 4. The van der Waals surface area contributed by atoms with Crippen molar-refractivity contribution in [3.05, 3.63) is 0 Å². The predicted octanol–water partition coefficient (Wildman–Crippen LogP) is 2.96. The average Bonchev–Trinajstić information content (AvgIpc) is 2.77. The Morgan fingerprint density at radius 1 is 0.909 bits per heavy atom. The Morgan fingerprint density at radius 2 is 1.55 bits per heavy atom. The zero-order chi connectivity index (χ0) is 16.4. The van der Waals surface area contributed by atoms with Crippen LogP contribution in [0.3, 0.4) is 0 Å². The third kappa shape index (κ3) is 6.53. The highest BCUT2D eigenvalue weighted by molar-refractivity contribution is 4.98. The fourth-order valence-corrected chi connectivity index (χ4v) is 3.41. The molecule has 22 heavy (non-hydrogen) atoms. The van der Waals surface area contributed by atoms with Gasteiger partial charge in [-0.1, -0.05) is 52.4 Å². The fraction of sp³-hybridized carbons (Fsp3) is 1.00. The molecular formula is C18H37NO3. The molecule has 2 N–H and O–H groups in total. The van der Waals surface area contributed by atoms with Crippen molar-refractivity contribution in [2.75, 3.05) is 20.2 Å². The summed E-state index contributed by atoms with van der Waals surface area (Å²) in [5.74, 6) is 0. The van der Waals surface area contributed by atoms with E-state index in [1.807, 2.05) is 7.05 Å². The Kier molecular flexibility index (Phi) is 10.3. The van der Waals surface area contributed by atoms with Crippen molar-refractivity contribution in [3.63, 3.8) is 0 Å². The summed E-state index contributed by atoms with van der Waals surface area (Å²) in [4.78, 5) is 2.19. The molecule has 132 valence electrons. The predicted molar refractivity (Wildman–Crippen MR) is 91.1 cm³/mol. The van der Waals surface area contributed by atoms with Gasteiger partial charge in [-0.15, -0.1) is 0 Å². The molecule has 0 spiro atoms. The van der Waals surface area contributed by atoms with Gasteiger partial charge in [0.05, 0.1) is 18.2 Å². The van der Waals surface area contributed by atoms with Crippen LogP contribution >= 0.6 is 0 Å². The molecule has 4 atom stereocenters. The number of unbranched alkanes of at least 4 members (excludes halogenated alkanes) is 6. The summed E-state index contributed by atoms with van der Waals surface area (Å²) in [6.45, 7) is 6.04. The van der Waals surface area contributed by atoms with Crippen LogP contribution in [0.1, 0.15) is 71.6 Å². The SMILES string of the molecule is CCCCCCCN(C)[C@@H]1[C@@H](OCCCCC)[C@@H](O)C[C@H]1O. The smallest absolute Gasteiger partial charge is 0.101 e. The molecular weight excluding hydrogens is 278 g/mol. The number of likely N-dealkylation sites (N-methyl/N-ethyl adjacent to an activating group) is 1. The van der Waals surface area contributed by atoms with Gasteiger partial charge >= 0.3 is 0 Å². The van der Waals surface area contributed by atoms with Crippen molar-refractivity contribution in [3.8, 4) is 0 Å². The number of aliphatic hydroxyl groups is 2. The normalized spacial score (nSPS) is 28.6. The molecule has 0 amide bonds. The van der Waals surface area contributed by atoms with E-state index in [-0.39, 0.29) is 12.1 Å². The van der Waals surface area contributed by atoms with Crippen molar-refractivity contribution in [2.45, 2.75) is 96.0 Å². The maximum absolute atomic E-state index is 10.3. The van der Waals surface area contributed by atoms with Crippen molar-refractivity contribution in [2.24, 2.45) is 0 Å². The Bertz CT molecular complexity index is 275. The van der Waals surface area contributed by atoms with Gasteiger partial charge < -0.3 is 14.9 Å². The van der Waals surface area contributed by atoms with Crippen LogP contribution in [-0.4, -0.2) is 59.7 Å². The Morgan fingerprint density at radius 3 is 2.23 bits per heavy atom. The molecule has 0 aromatic carbocycles. The van der Waals surface area contributed by atoms with Crippen LogP contribution in [0, 0.1) is 0 Å². The van der Waals surface area contributed by atoms with Crippen molar-refractivity contribution in [1.82, 2.24) is 4.90 Å². The molecule has 0 bridgehead atoms. The van der Waals surface area contributed by atoms with E-state index in [0.717, 1.165) is 25.8 Å². The zero-order valence-corrected chi connectivity index (χ0v) is 14.8. The van der Waals surface area contributed by atoms with Gasteiger partial charge in [0.15, 0.2) is 0 Å². The van der Waals surface area contributed by atoms with Crippen LogP contribution in [0.4, 0.5) is 0 Å². The minimum Gasteiger partial charge on any atom is -0.391 e. The van der Waals surface area contributed by atoms with Crippen LogP contribution in [0.2, 0.25) is 0 Å². The van der Waals surface area contributed by atoms with E-state index < -0.39 is 12.2 Å². The van der Waals surface area contributed by atoms with Crippen LogP contribution in [0.25, 0.3) is 0 Å². The summed E-state index contributed by atoms with van der Waals surface area (Å²) >= 11 is 0. The molecule has 4 heteroatoms. The molecule has 0 heterocycles. The topological polar surface area (TPSA) is 52.9 Å². The van der Waals surface area contributed by atoms with Crippen LogP contribution < -0.4 is 0 Å². The van der Waals surface area contributed by atoms with E-state index >= 15 is 0 Å². The third-order valence-corrected chi connectivity index (χ3v) is 4.77. The molecule has 4 nitrogen and oxygen atoms in total. The number of aliphatic hydroxyl groups excluding tert-OH is 2. The minimum atomic E-state index is -0.538. The fourth-order valence-electron chi connectivity index (χ4n) is 3.41. The largest absolute Gasteiger partial charge is 0.391 e. The maximum Gasteiger partial charge on any atom is 0.101 e. The average molecular weight is 315 g/mol. The van der Waals surface area contributed by atoms with Gasteiger partial charge in [0.25, 0.3) is 0 Å². The van der Waals surface area contributed by atoms with Crippen LogP contribution in [0.5, 0.6) is 0 Å². The molecule has 0 radical (unpaired) electrons. The van der Waals surface area contributed by atoms with E-state index in [1.165, 1.54) is 32.1 Å². The van der Waals surface area contributed by atoms with Gasteiger partial charge in [-0.3, -0.25) is 4.90 Å². The lowest BCUT2D eigenvalue weighted by Crippen LogP contribution is -2.47. The molecule has 1 fully saturated rings. The first-order chi connectivity index (χ1) is 10.6. The summed E-state index contributed by atoms with van der Waals surface area (Å²) in [5.41, 5.74) is 0. The lowest BCUT2D eigenvalue weighted by Gasteiger charge is -2.32. The standard InChI is InChI=1S/C18H37NO3/c1-4-6-8-9-10-12-19(3)17-15(20)14-16(21)18(17)22-13-11-7-5-2/h15-18,20-21H,4-14H2,1-3H3/t15-,16+,17+,18+/m1/s1. The number of hydrogen-bond donors (Lipinski definition) is 2. The van der Waals surface area contributed by atoms with E-state index in [4.69, 9.17) is 4.74 Å². The second kappa shape index (κ2) is 11.4. The Balaban J connectivity index is 2.38. The monoisotopic (exact) mass is 315 g/mol. The first kappa shape index (κ1) is 19.9. The van der Waals surface area contributed by atoms with E-state index in [9.17, 15) is 10.2 Å². The van der Waals surface area contributed by atoms with E-state index in [0.29, 0.717) is 13.0 Å². The first-order valence-electron chi connectivity index (χ1n) is 9.29. The zero-order valence-electron chi connectivity index (χ0n) is 14.8. The molecule has 1 aliphatic rings. The maximum atomic E-state index is 10.3. The van der Waals surface area contributed by atoms with Gasteiger partial charge in [0.2, 0.25) is 0 Å².